The first-order valence-corrected chi connectivity index (χ1v) is 10.5. The molecule has 0 amide bonds. The fourth-order valence-corrected chi connectivity index (χ4v) is 4.25. The van der Waals surface area contributed by atoms with Crippen molar-refractivity contribution in [1.29, 1.82) is 0 Å². The Morgan fingerprint density at radius 3 is 2.46 bits per heavy atom. The molecule has 0 saturated carbocycles. The zero-order valence-electron chi connectivity index (χ0n) is 14.9. The van der Waals surface area contributed by atoms with Gasteiger partial charge in [0.2, 0.25) is 0 Å². The van der Waals surface area contributed by atoms with Gasteiger partial charge in [0.25, 0.3) is 0 Å². The summed E-state index contributed by atoms with van der Waals surface area (Å²) >= 11 is 19.8. The first-order chi connectivity index (χ1) is 13.3. The van der Waals surface area contributed by atoms with E-state index in [1.54, 1.807) is 36.9 Å². The number of hydrogen-bond acceptors (Lipinski definition) is 4. The van der Waals surface area contributed by atoms with E-state index in [1.165, 1.54) is 0 Å². The van der Waals surface area contributed by atoms with Crippen molar-refractivity contribution in [1.82, 2.24) is 0 Å². The summed E-state index contributed by atoms with van der Waals surface area (Å²) in [5.41, 5.74) is 1.89. The van der Waals surface area contributed by atoms with E-state index >= 15 is 0 Å². The number of phenolic OH excluding ortho intramolecular Hbond substituents is 1. The molecule has 28 heavy (non-hydrogen) atoms. The van der Waals surface area contributed by atoms with E-state index in [2.05, 4.69) is 5.32 Å². The lowest BCUT2D eigenvalue weighted by molar-refractivity contribution is 0.195. The lowest BCUT2D eigenvalue weighted by Gasteiger charge is -2.16. The summed E-state index contributed by atoms with van der Waals surface area (Å²) in [5.74, 6) is -0.00554. The summed E-state index contributed by atoms with van der Waals surface area (Å²) in [5, 5.41) is 24.9. The highest BCUT2D eigenvalue weighted by Crippen LogP contribution is 2.37. The van der Waals surface area contributed by atoms with E-state index in [0.29, 0.717) is 32.9 Å². The third kappa shape index (κ3) is 5.07. The maximum absolute atomic E-state index is 10.4. The van der Waals surface area contributed by atoms with Crippen molar-refractivity contribution in [2.45, 2.75) is 29.4 Å². The average Bonchev–Trinajstić information content (AvgIpc) is 2.66. The SMILES string of the molecule is CC(O)c1cc(Cl)cc(NCc2ccccc2Sc2ccc(Cl)c(Cl)c2)c1O. The second kappa shape index (κ2) is 9.29. The van der Waals surface area contributed by atoms with Crippen LogP contribution in [0.25, 0.3) is 0 Å². The summed E-state index contributed by atoms with van der Waals surface area (Å²) in [6, 6.07) is 16.7. The van der Waals surface area contributed by atoms with E-state index in [4.69, 9.17) is 34.8 Å². The van der Waals surface area contributed by atoms with E-state index in [-0.39, 0.29) is 5.75 Å². The minimum atomic E-state index is -0.822. The highest BCUT2D eigenvalue weighted by molar-refractivity contribution is 7.99. The molecule has 0 aliphatic heterocycles. The molecule has 7 heteroatoms. The molecule has 0 spiro atoms. The van der Waals surface area contributed by atoms with Crippen LogP contribution in [-0.4, -0.2) is 10.2 Å². The van der Waals surface area contributed by atoms with Crippen LogP contribution in [0.4, 0.5) is 5.69 Å². The zero-order chi connectivity index (χ0) is 20.3. The Labute approximate surface area is 183 Å². The van der Waals surface area contributed by atoms with Gasteiger partial charge in [0, 0.05) is 26.9 Å². The average molecular weight is 455 g/mol. The summed E-state index contributed by atoms with van der Waals surface area (Å²) in [6.07, 6.45) is -0.822. The van der Waals surface area contributed by atoms with Crippen LogP contribution in [-0.2, 0) is 6.54 Å². The van der Waals surface area contributed by atoms with Gasteiger partial charge in [-0.3, -0.25) is 0 Å². The molecule has 1 unspecified atom stereocenters. The fraction of sp³-hybridized carbons (Fsp3) is 0.143. The molecule has 0 aliphatic rings. The third-order valence-corrected chi connectivity index (χ3v) is 6.18. The third-order valence-electron chi connectivity index (χ3n) is 4.12. The van der Waals surface area contributed by atoms with Gasteiger partial charge >= 0.3 is 0 Å². The maximum Gasteiger partial charge on any atom is 0.144 e. The van der Waals surface area contributed by atoms with Crippen LogP contribution in [0.5, 0.6) is 5.75 Å². The van der Waals surface area contributed by atoms with Gasteiger partial charge < -0.3 is 15.5 Å². The second-order valence-corrected chi connectivity index (χ2v) is 8.57. The summed E-state index contributed by atoms with van der Waals surface area (Å²) in [4.78, 5) is 2.02. The molecule has 0 fully saturated rings. The van der Waals surface area contributed by atoms with Crippen molar-refractivity contribution in [2.24, 2.45) is 0 Å². The topological polar surface area (TPSA) is 52.5 Å². The number of benzene rings is 3. The molecule has 3 aromatic rings. The number of phenols is 1. The molecule has 0 aromatic heterocycles. The van der Waals surface area contributed by atoms with Crippen LogP contribution < -0.4 is 5.32 Å². The highest BCUT2D eigenvalue weighted by Gasteiger charge is 2.14. The first-order valence-electron chi connectivity index (χ1n) is 8.50. The van der Waals surface area contributed by atoms with Crippen molar-refractivity contribution in [3.63, 3.8) is 0 Å². The van der Waals surface area contributed by atoms with Gasteiger partial charge in [0.1, 0.15) is 5.75 Å². The quantitative estimate of drug-likeness (QED) is 0.346. The monoisotopic (exact) mass is 453 g/mol. The minimum absolute atomic E-state index is 0.00554. The summed E-state index contributed by atoms with van der Waals surface area (Å²) < 4.78 is 0. The van der Waals surface area contributed by atoms with Crippen LogP contribution in [0.15, 0.2) is 64.4 Å². The van der Waals surface area contributed by atoms with Crippen LogP contribution in [0.1, 0.15) is 24.2 Å². The molecular weight excluding hydrogens is 437 g/mol. The number of aromatic hydroxyl groups is 1. The van der Waals surface area contributed by atoms with Gasteiger partial charge in [-0.2, -0.15) is 0 Å². The smallest absolute Gasteiger partial charge is 0.144 e. The Bertz CT molecular complexity index is 995. The number of aliphatic hydroxyl groups is 1. The molecule has 0 saturated heterocycles. The number of nitrogens with one attached hydrogen (secondary N) is 1. The molecule has 0 aliphatic carbocycles. The molecule has 0 radical (unpaired) electrons. The Kier molecular flexibility index (Phi) is 7.02. The molecule has 3 N–H and O–H groups in total. The van der Waals surface area contributed by atoms with Gasteiger partial charge in [-0.05, 0) is 48.9 Å². The van der Waals surface area contributed by atoms with Gasteiger partial charge in [-0.25, -0.2) is 0 Å². The number of hydrogen-bond donors (Lipinski definition) is 3. The van der Waals surface area contributed by atoms with E-state index < -0.39 is 6.10 Å². The molecule has 3 nitrogen and oxygen atoms in total. The highest BCUT2D eigenvalue weighted by atomic mass is 35.5. The Hall–Kier alpha value is -1.56. The summed E-state index contributed by atoms with van der Waals surface area (Å²) in [6.45, 7) is 2.05. The number of rotatable bonds is 6. The van der Waals surface area contributed by atoms with Crippen molar-refractivity contribution in [3.05, 3.63) is 80.8 Å². The number of halogens is 3. The molecule has 3 aromatic carbocycles. The Balaban J connectivity index is 1.82. The standard InChI is InChI=1S/C21H18Cl3NO2S/c1-12(26)16-8-14(22)9-19(21(16)27)25-11-13-4-2-3-5-20(13)28-15-6-7-17(23)18(24)10-15/h2-10,12,25-27H,11H2,1H3. The largest absolute Gasteiger partial charge is 0.505 e. The van der Waals surface area contributed by atoms with Crippen molar-refractivity contribution in [3.8, 4) is 5.75 Å². The van der Waals surface area contributed by atoms with Crippen LogP contribution in [0, 0.1) is 0 Å². The lowest BCUT2D eigenvalue weighted by atomic mass is 10.1. The van der Waals surface area contributed by atoms with Crippen LogP contribution in [0.2, 0.25) is 15.1 Å². The normalized spacial score (nSPS) is 12.0. The predicted octanol–water partition coefficient (Wildman–Crippen LogP) is 7.17. The Morgan fingerprint density at radius 1 is 1.00 bits per heavy atom. The second-order valence-electron chi connectivity index (χ2n) is 6.21. The van der Waals surface area contributed by atoms with Crippen LogP contribution >= 0.6 is 46.6 Å². The molecule has 0 heterocycles. The van der Waals surface area contributed by atoms with Crippen LogP contribution in [0.3, 0.4) is 0 Å². The molecule has 146 valence electrons. The number of aliphatic hydroxyl groups excluding tert-OH is 1. The Morgan fingerprint density at radius 2 is 1.75 bits per heavy atom. The maximum atomic E-state index is 10.4. The molecular formula is C21H18Cl3NO2S. The zero-order valence-corrected chi connectivity index (χ0v) is 18.0. The van der Waals surface area contributed by atoms with E-state index in [9.17, 15) is 10.2 Å². The summed E-state index contributed by atoms with van der Waals surface area (Å²) in [7, 11) is 0. The number of anilines is 1. The first kappa shape index (κ1) is 21.2. The van der Waals surface area contributed by atoms with Crippen molar-refractivity contribution >= 4 is 52.3 Å². The van der Waals surface area contributed by atoms with Gasteiger partial charge in [-0.1, -0.05) is 64.8 Å². The fourth-order valence-electron chi connectivity index (χ4n) is 2.68. The van der Waals surface area contributed by atoms with Gasteiger partial charge in [-0.15, -0.1) is 0 Å². The van der Waals surface area contributed by atoms with E-state index in [0.717, 1.165) is 15.4 Å². The predicted molar refractivity (Wildman–Crippen MR) is 118 cm³/mol. The molecule has 1 atom stereocenters. The van der Waals surface area contributed by atoms with Gasteiger partial charge in [0.05, 0.1) is 21.8 Å². The lowest BCUT2D eigenvalue weighted by Crippen LogP contribution is -2.03. The van der Waals surface area contributed by atoms with Crippen molar-refractivity contribution in [2.75, 3.05) is 5.32 Å². The van der Waals surface area contributed by atoms with E-state index in [1.807, 2.05) is 36.4 Å². The molecule has 3 rings (SSSR count). The van der Waals surface area contributed by atoms with Crippen molar-refractivity contribution < 1.29 is 10.2 Å². The van der Waals surface area contributed by atoms with Gasteiger partial charge in [0.15, 0.2) is 0 Å². The molecule has 0 bridgehead atoms. The minimum Gasteiger partial charge on any atom is -0.505 e.